The van der Waals surface area contributed by atoms with Gasteiger partial charge in [-0.05, 0) is 6.04 Å². The van der Waals surface area contributed by atoms with Crippen molar-refractivity contribution in [1.82, 2.24) is 0 Å². The summed E-state index contributed by atoms with van der Waals surface area (Å²) in [6.07, 6.45) is 2.57. The topological polar surface area (TPSA) is 18.5 Å². The van der Waals surface area contributed by atoms with E-state index in [0.717, 1.165) is 0 Å². The van der Waals surface area contributed by atoms with Gasteiger partial charge in [0.05, 0.1) is 0 Å². The summed E-state index contributed by atoms with van der Waals surface area (Å²) in [6, 6.07) is 1.24. The van der Waals surface area contributed by atoms with Gasteiger partial charge < -0.3 is 8.23 Å². The highest BCUT2D eigenvalue weighted by molar-refractivity contribution is 6.64. The molecule has 0 amide bonds. The molecule has 0 N–H and O–H groups in total. The van der Waals surface area contributed by atoms with E-state index in [9.17, 15) is 0 Å². The second-order valence-electron chi connectivity index (χ2n) is 2.02. The normalized spacial score (nSPS) is 30.4. The monoisotopic (exact) mass is 148 g/mol. The second-order valence-corrected chi connectivity index (χ2v) is 6.36. The summed E-state index contributed by atoms with van der Waals surface area (Å²) in [5.74, 6) is 0. The van der Waals surface area contributed by atoms with Gasteiger partial charge in [-0.2, -0.15) is 0 Å². The van der Waals surface area contributed by atoms with Gasteiger partial charge in [0.2, 0.25) is 0 Å². The molecule has 48 valence electrons. The van der Waals surface area contributed by atoms with Crippen LogP contribution in [0, 0.1) is 0 Å². The zero-order chi connectivity index (χ0) is 5.82. The molecule has 8 heavy (non-hydrogen) atoms. The minimum absolute atomic E-state index is 0.409. The number of rotatable bonds is 3. The van der Waals surface area contributed by atoms with Crippen LogP contribution in [-0.2, 0) is 8.23 Å². The first-order chi connectivity index (χ1) is 3.93. The lowest BCUT2D eigenvalue weighted by molar-refractivity contribution is 0.309. The van der Waals surface area contributed by atoms with Crippen LogP contribution in [0.4, 0.5) is 0 Å². The van der Waals surface area contributed by atoms with E-state index in [1.807, 2.05) is 0 Å². The SMILES string of the molecule is CCCC[SiH]1O[SiH2]O1. The Morgan fingerprint density at radius 2 is 2.25 bits per heavy atom. The standard InChI is InChI=1S/C4H12O2Si2/c1-2-3-4-8-5-7-6-8/h8H,2-4,7H2,1H3. The second kappa shape index (κ2) is 3.39. The lowest BCUT2D eigenvalue weighted by atomic mass is 10.4. The van der Waals surface area contributed by atoms with Gasteiger partial charge in [0.15, 0.2) is 0 Å². The molecule has 1 heterocycles. The van der Waals surface area contributed by atoms with E-state index in [1.54, 1.807) is 0 Å². The van der Waals surface area contributed by atoms with Crippen molar-refractivity contribution in [2.45, 2.75) is 25.8 Å². The number of hydrogen-bond donors (Lipinski definition) is 0. The molecular weight excluding hydrogens is 136 g/mol. The maximum absolute atomic E-state index is 5.29. The van der Waals surface area contributed by atoms with Gasteiger partial charge in [0, 0.05) is 0 Å². The van der Waals surface area contributed by atoms with Crippen molar-refractivity contribution in [2.75, 3.05) is 0 Å². The first-order valence-corrected chi connectivity index (χ1v) is 6.08. The smallest absolute Gasteiger partial charge is 0.303 e. The van der Waals surface area contributed by atoms with Crippen LogP contribution in [0.1, 0.15) is 19.8 Å². The molecule has 0 aliphatic carbocycles. The molecule has 0 aromatic carbocycles. The molecule has 2 nitrogen and oxygen atoms in total. The van der Waals surface area contributed by atoms with Crippen LogP contribution in [0.5, 0.6) is 0 Å². The molecule has 4 heteroatoms. The fourth-order valence-electron chi connectivity index (χ4n) is 0.702. The van der Waals surface area contributed by atoms with Gasteiger partial charge in [-0.15, -0.1) is 0 Å². The zero-order valence-corrected chi connectivity index (χ0v) is 7.79. The van der Waals surface area contributed by atoms with Crippen LogP contribution >= 0.6 is 0 Å². The van der Waals surface area contributed by atoms with Crippen LogP contribution in [0.2, 0.25) is 6.04 Å². The highest BCUT2D eigenvalue weighted by Gasteiger charge is 2.20. The van der Waals surface area contributed by atoms with Crippen LogP contribution in [0.15, 0.2) is 0 Å². The molecule has 0 saturated carbocycles. The van der Waals surface area contributed by atoms with Gasteiger partial charge in [-0.25, -0.2) is 0 Å². The maximum atomic E-state index is 5.29. The minimum atomic E-state index is -0.957. The first kappa shape index (κ1) is 6.47. The molecule has 1 fully saturated rings. The van der Waals surface area contributed by atoms with Gasteiger partial charge in [0.1, 0.15) is 0 Å². The van der Waals surface area contributed by atoms with Crippen molar-refractivity contribution in [2.24, 2.45) is 0 Å². The Hall–Kier alpha value is 0.354. The third kappa shape index (κ3) is 1.70. The van der Waals surface area contributed by atoms with E-state index in [2.05, 4.69) is 6.92 Å². The molecular formula is C4H12O2Si2. The van der Waals surface area contributed by atoms with Crippen molar-refractivity contribution in [1.29, 1.82) is 0 Å². The quantitative estimate of drug-likeness (QED) is 0.527. The third-order valence-corrected chi connectivity index (χ3v) is 6.24. The third-order valence-electron chi connectivity index (χ3n) is 1.30. The molecule has 1 saturated heterocycles. The Morgan fingerprint density at radius 3 is 2.62 bits per heavy atom. The van der Waals surface area contributed by atoms with Crippen LogP contribution < -0.4 is 0 Å². The Morgan fingerprint density at radius 1 is 1.50 bits per heavy atom. The number of hydrogen-bond acceptors (Lipinski definition) is 2. The largest absolute Gasteiger partial charge is 0.422 e. The molecule has 0 spiro atoms. The summed E-state index contributed by atoms with van der Waals surface area (Å²) in [4.78, 5) is 0. The molecule has 1 rings (SSSR count). The summed E-state index contributed by atoms with van der Waals surface area (Å²) >= 11 is 0. The van der Waals surface area contributed by atoms with Gasteiger partial charge in [0.25, 0.3) is 10.0 Å². The molecule has 0 bridgehead atoms. The number of unbranched alkanes of at least 4 members (excludes halogenated alkanes) is 1. The molecule has 0 atom stereocenters. The summed E-state index contributed by atoms with van der Waals surface area (Å²) in [6.45, 7) is 2.20. The van der Waals surface area contributed by atoms with Gasteiger partial charge >= 0.3 is 9.28 Å². The summed E-state index contributed by atoms with van der Waals surface area (Å²) in [5, 5.41) is 0. The molecule has 1 aliphatic rings. The van der Waals surface area contributed by atoms with Crippen LogP contribution in [0.25, 0.3) is 0 Å². The van der Waals surface area contributed by atoms with E-state index in [-0.39, 0.29) is 0 Å². The Kier molecular flexibility index (Phi) is 2.75. The van der Waals surface area contributed by atoms with Crippen molar-refractivity contribution in [3.05, 3.63) is 0 Å². The lowest BCUT2D eigenvalue weighted by Crippen LogP contribution is -2.38. The van der Waals surface area contributed by atoms with E-state index in [4.69, 9.17) is 8.23 Å². The Balaban J connectivity index is 1.86. The fraction of sp³-hybridized carbons (Fsp3) is 1.00. The van der Waals surface area contributed by atoms with E-state index < -0.39 is 19.3 Å². The summed E-state index contributed by atoms with van der Waals surface area (Å²) < 4.78 is 10.6. The predicted molar refractivity (Wildman–Crippen MR) is 37.6 cm³/mol. The Labute approximate surface area is 54.1 Å². The lowest BCUT2D eigenvalue weighted by Gasteiger charge is -2.25. The maximum Gasteiger partial charge on any atom is 0.303 e. The van der Waals surface area contributed by atoms with E-state index >= 15 is 0 Å². The molecule has 0 aromatic rings. The highest BCUT2D eigenvalue weighted by atomic mass is 28.4. The van der Waals surface area contributed by atoms with Crippen molar-refractivity contribution in [3.63, 3.8) is 0 Å². The predicted octanol–water partition coefficient (Wildman–Crippen LogP) is 0.0526. The van der Waals surface area contributed by atoms with Crippen LogP contribution in [0.3, 0.4) is 0 Å². The van der Waals surface area contributed by atoms with Gasteiger partial charge in [-0.1, -0.05) is 19.8 Å². The average Bonchev–Trinajstić information content (AvgIpc) is 1.63. The average molecular weight is 148 g/mol. The van der Waals surface area contributed by atoms with E-state index in [1.165, 1.54) is 18.9 Å². The highest BCUT2D eigenvalue weighted by Crippen LogP contribution is 2.08. The van der Waals surface area contributed by atoms with Gasteiger partial charge in [-0.3, -0.25) is 0 Å². The minimum Gasteiger partial charge on any atom is -0.422 e. The molecule has 0 unspecified atom stereocenters. The van der Waals surface area contributed by atoms with Crippen molar-refractivity contribution >= 4 is 19.3 Å². The van der Waals surface area contributed by atoms with E-state index in [0.29, 0.717) is 0 Å². The Bertz CT molecular complexity index is 65.1. The molecule has 0 radical (unpaired) electrons. The fourth-order valence-corrected chi connectivity index (χ4v) is 4.09. The summed E-state index contributed by atoms with van der Waals surface area (Å²) in [7, 11) is -1.37. The van der Waals surface area contributed by atoms with Crippen molar-refractivity contribution in [3.8, 4) is 0 Å². The molecule has 1 aliphatic heterocycles. The molecule has 0 aromatic heterocycles. The first-order valence-electron chi connectivity index (χ1n) is 3.16. The van der Waals surface area contributed by atoms with Crippen molar-refractivity contribution < 1.29 is 8.23 Å². The van der Waals surface area contributed by atoms with Crippen LogP contribution in [-0.4, -0.2) is 19.3 Å². The summed E-state index contributed by atoms with van der Waals surface area (Å²) in [5.41, 5.74) is 0. The zero-order valence-electron chi connectivity index (χ0n) is 5.22.